The van der Waals surface area contributed by atoms with Gasteiger partial charge in [0.15, 0.2) is 12.4 Å². The van der Waals surface area contributed by atoms with Gasteiger partial charge in [-0.25, -0.2) is 9.97 Å². The summed E-state index contributed by atoms with van der Waals surface area (Å²) in [5.74, 6) is 2.20. The standard InChI is InChI=1S/C26H30N6O3/c1-6-34-21-12-8-11-20-23(21)25(28-18-14-27-32(5)15-18)30-24(29-20)17-9-7-10-19(13-17)35-16-22(33)31-26(2,3)4/h7-15H,6,16H2,1-5H3,(H,31,33)(H,28,29,30). The van der Waals surface area contributed by atoms with E-state index < -0.39 is 0 Å². The molecule has 0 radical (unpaired) electrons. The Morgan fingerprint density at radius 1 is 1.09 bits per heavy atom. The van der Waals surface area contributed by atoms with E-state index in [0.717, 1.165) is 22.2 Å². The average molecular weight is 475 g/mol. The maximum Gasteiger partial charge on any atom is 0.258 e. The van der Waals surface area contributed by atoms with Crippen LogP contribution in [0.3, 0.4) is 0 Å². The minimum atomic E-state index is -0.320. The molecule has 0 saturated heterocycles. The van der Waals surface area contributed by atoms with Gasteiger partial charge in [-0.1, -0.05) is 18.2 Å². The van der Waals surface area contributed by atoms with Crippen molar-refractivity contribution in [2.24, 2.45) is 7.05 Å². The molecule has 0 spiro atoms. The second-order valence-electron chi connectivity index (χ2n) is 9.12. The first-order chi connectivity index (χ1) is 16.7. The lowest BCUT2D eigenvalue weighted by Gasteiger charge is -2.20. The van der Waals surface area contributed by atoms with E-state index in [1.807, 2.05) is 77.3 Å². The second kappa shape index (κ2) is 10.0. The first-order valence-electron chi connectivity index (χ1n) is 11.5. The Kier molecular flexibility index (Phi) is 6.86. The van der Waals surface area contributed by atoms with Gasteiger partial charge in [0.1, 0.15) is 17.3 Å². The molecule has 1 amide bonds. The normalized spacial score (nSPS) is 11.3. The molecule has 9 heteroatoms. The Hall–Kier alpha value is -4.14. The molecule has 0 aliphatic heterocycles. The fourth-order valence-electron chi connectivity index (χ4n) is 3.60. The molecular weight excluding hydrogens is 444 g/mol. The number of aromatic nitrogens is 4. The van der Waals surface area contributed by atoms with Crippen LogP contribution in [-0.4, -0.2) is 44.4 Å². The fraction of sp³-hybridized carbons (Fsp3) is 0.308. The van der Waals surface area contributed by atoms with Crippen LogP contribution in [0.1, 0.15) is 27.7 Å². The van der Waals surface area contributed by atoms with Crippen molar-refractivity contribution in [1.29, 1.82) is 0 Å². The molecule has 0 aliphatic carbocycles. The van der Waals surface area contributed by atoms with Gasteiger partial charge in [-0.15, -0.1) is 0 Å². The predicted molar refractivity (Wildman–Crippen MR) is 136 cm³/mol. The van der Waals surface area contributed by atoms with Crippen molar-refractivity contribution >= 4 is 28.3 Å². The van der Waals surface area contributed by atoms with Gasteiger partial charge in [0, 0.05) is 24.3 Å². The number of aryl methyl sites for hydroxylation is 1. The van der Waals surface area contributed by atoms with E-state index in [2.05, 4.69) is 15.7 Å². The number of hydrogen-bond donors (Lipinski definition) is 2. The lowest BCUT2D eigenvalue weighted by Crippen LogP contribution is -2.43. The molecule has 0 fully saturated rings. The van der Waals surface area contributed by atoms with Crippen LogP contribution in [-0.2, 0) is 11.8 Å². The van der Waals surface area contributed by atoms with E-state index >= 15 is 0 Å². The number of benzene rings is 2. The van der Waals surface area contributed by atoms with Crippen molar-refractivity contribution in [1.82, 2.24) is 25.1 Å². The van der Waals surface area contributed by atoms with E-state index in [-0.39, 0.29) is 18.1 Å². The highest BCUT2D eigenvalue weighted by Crippen LogP contribution is 2.34. The van der Waals surface area contributed by atoms with E-state index in [4.69, 9.17) is 19.4 Å². The molecule has 2 aromatic heterocycles. The summed E-state index contributed by atoms with van der Waals surface area (Å²) in [6, 6.07) is 13.1. The highest BCUT2D eigenvalue weighted by Gasteiger charge is 2.16. The van der Waals surface area contributed by atoms with Crippen LogP contribution in [0.2, 0.25) is 0 Å². The summed E-state index contributed by atoms with van der Waals surface area (Å²) in [6.45, 7) is 8.17. The van der Waals surface area contributed by atoms with Crippen molar-refractivity contribution < 1.29 is 14.3 Å². The Labute approximate surface area is 204 Å². The van der Waals surface area contributed by atoms with Crippen LogP contribution in [0.25, 0.3) is 22.3 Å². The zero-order valence-electron chi connectivity index (χ0n) is 20.6. The molecule has 35 heavy (non-hydrogen) atoms. The van der Waals surface area contributed by atoms with Crippen molar-refractivity contribution in [3.8, 4) is 22.9 Å². The van der Waals surface area contributed by atoms with Gasteiger partial charge < -0.3 is 20.1 Å². The first kappa shape index (κ1) is 24.0. The smallest absolute Gasteiger partial charge is 0.258 e. The first-order valence-corrected chi connectivity index (χ1v) is 11.5. The lowest BCUT2D eigenvalue weighted by atomic mass is 10.1. The quantitative estimate of drug-likeness (QED) is 0.388. The third-order valence-electron chi connectivity index (χ3n) is 4.93. The highest BCUT2D eigenvalue weighted by atomic mass is 16.5. The third-order valence-corrected chi connectivity index (χ3v) is 4.93. The minimum absolute atomic E-state index is 0.0785. The van der Waals surface area contributed by atoms with E-state index in [9.17, 15) is 4.79 Å². The van der Waals surface area contributed by atoms with E-state index in [1.165, 1.54) is 0 Å². The average Bonchev–Trinajstić information content (AvgIpc) is 3.21. The zero-order chi connectivity index (χ0) is 25.0. The number of amides is 1. The summed E-state index contributed by atoms with van der Waals surface area (Å²) in [5, 5.41) is 11.3. The van der Waals surface area contributed by atoms with Crippen LogP contribution in [0.5, 0.6) is 11.5 Å². The van der Waals surface area contributed by atoms with Crippen LogP contribution in [0.15, 0.2) is 54.9 Å². The van der Waals surface area contributed by atoms with Crippen LogP contribution in [0.4, 0.5) is 11.5 Å². The predicted octanol–water partition coefficient (Wildman–Crippen LogP) is 4.47. The maximum atomic E-state index is 12.2. The van der Waals surface area contributed by atoms with Gasteiger partial charge in [-0.05, 0) is 52.0 Å². The number of carbonyl (C=O) groups excluding carboxylic acids is 1. The number of nitrogens with one attached hydrogen (secondary N) is 2. The highest BCUT2D eigenvalue weighted by molar-refractivity contribution is 5.97. The summed E-state index contributed by atoms with van der Waals surface area (Å²) >= 11 is 0. The molecule has 2 heterocycles. The van der Waals surface area contributed by atoms with Gasteiger partial charge >= 0.3 is 0 Å². The number of anilines is 2. The molecule has 0 saturated carbocycles. The molecule has 182 valence electrons. The number of hydrogen-bond acceptors (Lipinski definition) is 7. The Balaban J connectivity index is 1.69. The fourth-order valence-corrected chi connectivity index (χ4v) is 3.60. The van der Waals surface area contributed by atoms with Gasteiger partial charge in [0.2, 0.25) is 0 Å². The number of fused-ring (bicyclic) bond motifs is 1. The molecule has 0 bridgehead atoms. The molecule has 0 atom stereocenters. The van der Waals surface area contributed by atoms with Crippen molar-refractivity contribution in [3.05, 3.63) is 54.9 Å². The second-order valence-corrected chi connectivity index (χ2v) is 9.12. The molecule has 9 nitrogen and oxygen atoms in total. The summed E-state index contributed by atoms with van der Waals surface area (Å²) in [7, 11) is 1.85. The summed E-state index contributed by atoms with van der Waals surface area (Å²) in [6.07, 6.45) is 3.60. The van der Waals surface area contributed by atoms with Crippen molar-refractivity contribution in [3.63, 3.8) is 0 Å². The van der Waals surface area contributed by atoms with Crippen LogP contribution < -0.4 is 20.1 Å². The number of rotatable bonds is 8. The maximum absolute atomic E-state index is 12.2. The van der Waals surface area contributed by atoms with Crippen LogP contribution >= 0.6 is 0 Å². The Morgan fingerprint density at radius 3 is 2.60 bits per heavy atom. The molecule has 4 aromatic rings. The lowest BCUT2D eigenvalue weighted by molar-refractivity contribution is -0.124. The van der Waals surface area contributed by atoms with E-state index in [0.29, 0.717) is 29.7 Å². The van der Waals surface area contributed by atoms with Gasteiger partial charge in [0.25, 0.3) is 5.91 Å². The van der Waals surface area contributed by atoms with Crippen LogP contribution in [0, 0.1) is 0 Å². The molecule has 0 unspecified atom stereocenters. The van der Waals surface area contributed by atoms with Gasteiger partial charge in [-0.2, -0.15) is 5.10 Å². The molecule has 2 aromatic carbocycles. The topological polar surface area (TPSA) is 103 Å². The van der Waals surface area contributed by atoms with Gasteiger partial charge in [0.05, 0.1) is 29.4 Å². The number of ether oxygens (including phenoxy) is 2. The monoisotopic (exact) mass is 474 g/mol. The zero-order valence-corrected chi connectivity index (χ0v) is 20.6. The van der Waals surface area contributed by atoms with Crippen molar-refractivity contribution in [2.75, 3.05) is 18.5 Å². The van der Waals surface area contributed by atoms with Gasteiger partial charge in [-0.3, -0.25) is 9.48 Å². The number of carbonyl (C=O) groups is 1. The third kappa shape index (κ3) is 6.06. The SMILES string of the molecule is CCOc1cccc2nc(-c3cccc(OCC(=O)NC(C)(C)C)c3)nc(Nc3cnn(C)c3)c12. The van der Waals surface area contributed by atoms with E-state index in [1.54, 1.807) is 16.9 Å². The summed E-state index contributed by atoms with van der Waals surface area (Å²) in [5.41, 5.74) is 1.98. The Bertz CT molecular complexity index is 1340. The Morgan fingerprint density at radius 2 is 1.89 bits per heavy atom. The molecule has 0 aliphatic rings. The molecule has 2 N–H and O–H groups in total. The van der Waals surface area contributed by atoms with Crippen molar-refractivity contribution in [2.45, 2.75) is 33.2 Å². The minimum Gasteiger partial charge on any atom is -0.493 e. The largest absolute Gasteiger partial charge is 0.493 e. The molecule has 4 rings (SSSR count). The number of nitrogens with zero attached hydrogens (tertiary/aromatic N) is 4. The summed E-state index contributed by atoms with van der Waals surface area (Å²) in [4.78, 5) is 21.8. The summed E-state index contributed by atoms with van der Waals surface area (Å²) < 4.78 is 13.3. The molecular formula is C26H30N6O3.